The minimum atomic E-state index is -0.665. The summed E-state index contributed by atoms with van der Waals surface area (Å²) in [6.07, 6.45) is 0.278. The van der Waals surface area contributed by atoms with Gasteiger partial charge in [-0.2, -0.15) is 0 Å². The number of hydrogen-bond donors (Lipinski definition) is 0. The molecule has 28 heavy (non-hydrogen) atoms. The van der Waals surface area contributed by atoms with Crippen LogP contribution in [-0.2, 0) is 4.79 Å². The fourth-order valence-electron chi connectivity index (χ4n) is 3.88. The predicted octanol–water partition coefficient (Wildman–Crippen LogP) is 5.96. The number of Topliss-reactive ketones (excluding diaryl/α,β-unsaturated/α-hetero) is 1. The Labute approximate surface area is 158 Å². The van der Waals surface area contributed by atoms with Crippen LogP contribution in [0.2, 0.25) is 0 Å². The molecule has 2 nitrogen and oxygen atoms in total. The van der Waals surface area contributed by atoms with Gasteiger partial charge in [0.2, 0.25) is 5.78 Å². The lowest BCUT2D eigenvalue weighted by Gasteiger charge is -2.12. The summed E-state index contributed by atoms with van der Waals surface area (Å²) >= 11 is 0. The van der Waals surface area contributed by atoms with Gasteiger partial charge >= 0.3 is 0 Å². The number of hydrogen-bond acceptors (Lipinski definition) is 2. The molecule has 0 bridgehead atoms. The largest absolute Gasteiger partial charge is 0.294 e. The van der Waals surface area contributed by atoms with Crippen LogP contribution in [0.25, 0.3) is 43.1 Å². The summed E-state index contributed by atoms with van der Waals surface area (Å²) in [6.45, 7) is 0. The second-order valence-electron chi connectivity index (χ2n) is 6.86. The molecule has 0 heterocycles. The van der Waals surface area contributed by atoms with Crippen LogP contribution in [0.15, 0.2) is 66.7 Å². The molecule has 0 saturated heterocycles. The zero-order chi connectivity index (χ0) is 19.4. The maximum Gasteiger partial charge on any atom is 0.226 e. The molecular formula is C24H12F2O2. The van der Waals surface area contributed by atoms with Crippen molar-refractivity contribution >= 4 is 55.2 Å². The molecule has 0 aliphatic carbocycles. The summed E-state index contributed by atoms with van der Waals surface area (Å²) in [5.74, 6) is -1.42. The average molecular weight is 370 g/mol. The monoisotopic (exact) mass is 370 g/mol. The van der Waals surface area contributed by atoms with E-state index >= 15 is 0 Å². The second kappa shape index (κ2) is 5.92. The smallest absolute Gasteiger partial charge is 0.226 e. The molecule has 0 unspecified atom stereocenters. The van der Waals surface area contributed by atoms with E-state index in [2.05, 4.69) is 0 Å². The molecule has 0 spiro atoms. The molecule has 0 N–H and O–H groups in total. The van der Waals surface area contributed by atoms with Gasteiger partial charge in [0.15, 0.2) is 6.29 Å². The topological polar surface area (TPSA) is 34.1 Å². The second-order valence-corrected chi connectivity index (χ2v) is 6.86. The molecule has 5 aromatic rings. The van der Waals surface area contributed by atoms with Crippen LogP contribution in [0, 0.1) is 11.6 Å². The van der Waals surface area contributed by atoms with E-state index in [1.165, 1.54) is 24.3 Å². The third-order valence-corrected chi connectivity index (χ3v) is 5.14. The number of rotatable bonds is 2. The van der Waals surface area contributed by atoms with E-state index in [1.54, 1.807) is 24.3 Å². The highest BCUT2D eigenvalue weighted by atomic mass is 19.1. The molecule has 0 aliphatic heterocycles. The molecule has 0 aliphatic rings. The van der Waals surface area contributed by atoms with Crippen molar-refractivity contribution in [2.75, 3.05) is 0 Å². The summed E-state index contributed by atoms with van der Waals surface area (Å²) in [4.78, 5) is 23.9. The molecule has 134 valence electrons. The highest BCUT2D eigenvalue weighted by Crippen LogP contribution is 2.34. The molecule has 0 amide bonds. The van der Waals surface area contributed by atoms with Gasteiger partial charge in [0.1, 0.15) is 11.6 Å². The van der Waals surface area contributed by atoms with Crippen molar-refractivity contribution in [1.29, 1.82) is 0 Å². The normalized spacial score (nSPS) is 11.5. The van der Waals surface area contributed by atoms with Gasteiger partial charge in [-0.1, -0.05) is 12.1 Å². The van der Waals surface area contributed by atoms with Crippen molar-refractivity contribution in [2.45, 2.75) is 0 Å². The summed E-state index contributed by atoms with van der Waals surface area (Å²) in [5, 5.41) is 5.63. The Balaban J connectivity index is 2.00. The molecule has 0 fully saturated rings. The van der Waals surface area contributed by atoms with Gasteiger partial charge in [-0.15, -0.1) is 0 Å². The first-order valence-corrected chi connectivity index (χ1v) is 8.72. The maximum absolute atomic E-state index is 13.7. The Morgan fingerprint density at radius 3 is 1.54 bits per heavy atom. The fourth-order valence-corrected chi connectivity index (χ4v) is 3.88. The van der Waals surface area contributed by atoms with Crippen LogP contribution < -0.4 is 0 Å². The lowest BCUT2D eigenvalue weighted by atomic mass is 9.91. The Hall–Kier alpha value is -3.66. The van der Waals surface area contributed by atoms with Crippen molar-refractivity contribution in [3.05, 3.63) is 83.9 Å². The van der Waals surface area contributed by atoms with E-state index < -0.39 is 5.78 Å². The van der Waals surface area contributed by atoms with Crippen molar-refractivity contribution in [1.82, 2.24) is 0 Å². The van der Waals surface area contributed by atoms with Crippen LogP contribution >= 0.6 is 0 Å². The predicted molar refractivity (Wildman–Crippen MR) is 107 cm³/mol. The number of ketones is 1. The van der Waals surface area contributed by atoms with E-state index in [0.29, 0.717) is 21.5 Å². The number of fused-ring (bicyclic) bond motifs is 4. The van der Waals surface area contributed by atoms with E-state index in [-0.39, 0.29) is 23.5 Å². The standard InChI is InChI=1S/C24H12F2O2/c25-19-3-1-13-5-17-7-18-6-14-2-4-20(26)9-16(14)11-22(18)24(23(28)12-27)21(17)10-15(13)8-19/h1-12H. The zero-order valence-electron chi connectivity index (χ0n) is 14.5. The first kappa shape index (κ1) is 16.5. The third kappa shape index (κ3) is 2.46. The van der Waals surface area contributed by atoms with Gasteiger partial charge in [0, 0.05) is 5.56 Å². The summed E-state index contributed by atoms with van der Waals surface area (Å²) in [5.41, 5.74) is 0.250. The van der Waals surface area contributed by atoms with Crippen molar-refractivity contribution in [3.8, 4) is 0 Å². The molecule has 4 heteroatoms. The van der Waals surface area contributed by atoms with Gasteiger partial charge in [-0.25, -0.2) is 8.78 Å². The quantitative estimate of drug-likeness (QED) is 0.166. The Bertz CT molecular complexity index is 1370. The van der Waals surface area contributed by atoms with Gasteiger partial charge in [-0.3, -0.25) is 9.59 Å². The SMILES string of the molecule is O=CC(=O)c1c2cc3cc(F)ccc3cc2cc2cc3ccc(F)cc3cc12. The number of halogens is 2. The molecule has 5 rings (SSSR count). The first-order valence-electron chi connectivity index (χ1n) is 8.72. The molecule has 0 radical (unpaired) electrons. The molecule has 0 aromatic heterocycles. The Kier molecular flexibility index (Phi) is 3.49. The fraction of sp³-hybridized carbons (Fsp3) is 0. The van der Waals surface area contributed by atoms with Crippen LogP contribution in [-0.4, -0.2) is 12.1 Å². The summed E-state index contributed by atoms with van der Waals surface area (Å²) in [7, 11) is 0. The van der Waals surface area contributed by atoms with Crippen LogP contribution in [0.3, 0.4) is 0 Å². The van der Waals surface area contributed by atoms with Crippen LogP contribution in [0.5, 0.6) is 0 Å². The van der Waals surface area contributed by atoms with Crippen molar-refractivity contribution < 1.29 is 18.4 Å². The van der Waals surface area contributed by atoms with Gasteiger partial charge < -0.3 is 0 Å². The lowest BCUT2D eigenvalue weighted by Crippen LogP contribution is -2.02. The number of carbonyl (C=O) groups is 2. The Morgan fingerprint density at radius 1 is 0.607 bits per heavy atom. The third-order valence-electron chi connectivity index (χ3n) is 5.14. The Morgan fingerprint density at radius 2 is 1.07 bits per heavy atom. The maximum atomic E-state index is 13.7. The highest BCUT2D eigenvalue weighted by molar-refractivity contribution is 6.40. The van der Waals surface area contributed by atoms with Crippen molar-refractivity contribution in [2.24, 2.45) is 0 Å². The lowest BCUT2D eigenvalue weighted by molar-refractivity contribution is -0.104. The van der Waals surface area contributed by atoms with E-state index in [0.717, 1.165) is 21.5 Å². The van der Waals surface area contributed by atoms with Crippen molar-refractivity contribution in [3.63, 3.8) is 0 Å². The molecule has 0 saturated carbocycles. The molecule has 0 atom stereocenters. The van der Waals surface area contributed by atoms with Gasteiger partial charge in [0.05, 0.1) is 0 Å². The van der Waals surface area contributed by atoms with E-state index in [9.17, 15) is 18.4 Å². The average Bonchev–Trinajstić information content (AvgIpc) is 2.68. The van der Waals surface area contributed by atoms with Gasteiger partial charge in [-0.05, 0) is 97.7 Å². The summed E-state index contributed by atoms with van der Waals surface area (Å²) in [6, 6.07) is 18.0. The van der Waals surface area contributed by atoms with E-state index in [1.807, 2.05) is 18.2 Å². The minimum Gasteiger partial charge on any atom is -0.294 e. The van der Waals surface area contributed by atoms with Gasteiger partial charge in [0.25, 0.3) is 0 Å². The van der Waals surface area contributed by atoms with Crippen LogP contribution in [0.1, 0.15) is 10.4 Å². The number of aldehydes is 1. The minimum absolute atomic E-state index is 0.250. The molecule has 5 aromatic carbocycles. The van der Waals surface area contributed by atoms with E-state index in [4.69, 9.17) is 0 Å². The van der Waals surface area contributed by atoms with Crippen LogP contribution in [0.4, 0.5) is 8.78 Å². The number of benzene rings is 5. The molecular weight excluding hydrogens is 358 g/mol. The zero-order valence-corrected chi connectivity index (χ0v) is 14.5. The highest BCUT2D eigenvalue weighted by Gasteiger charge is 2.16. The number of carbonyl (C=O) groups excluding carboxylic acids is 2. The first-order chi connectivity index (χ1) is 13.5. The summed E-state index contributed by atoms with van der Waals surface area (Å²) < 4.78 is 27.3.